The van der Waals surface area contributed by atoms with Gasteiger partial charge in [-0.2, -0.15) is 0 Å². The van der Waals surface area contributed by atoms with Gasteiger partial charge in [0.15, 0.2) is 11.3 Å². The third-order valence-electron chi connectivity index (χ3n) is 37.0. The van der Waals surface area contributed by atoms with Crippen LogP contribution in [0, 0.1) is 149 Å². The largest absolute Gasteiger partial charge is 0.461 e. The first kappa shape index (κ1) is 101. The lowest BCUT2D eigenvalue weighted by Crippen LogP contribution is -2.63. The van der Waals surface area contributed by atoms with E-state index in [0.717, 1.165) is 146 Å². The summed E-state index contributed by atoms with van der Waals surface area (Å²) in [6.07, 6.45) is 0. The summed E-state index contributed by atoms with van der Waals surface area (Å²) in [7, 11) is 0. The van der Waals surface area contributed by atoms with E-state index < -0.39 is 96.7 Å². The Labute approximate surface area is 796 Å². The van der Waals surface area contributed by atoms with Gasteiger partial charge in [0.25, 0.3) is 0 Å². The van der Waals surface area contributed by atoms with E-state index in [9.17, 15) is 0 Å². The lowest BCUT2D eigenvalue weighted by Gasteiger charge is -2.56. The van der Waals surface area contributed by atoms with Crippen LogP contribution in [0.25, 0.3) is 49.6 Å². The average molecular weight is 1830 g/mol. The van der Waals surface area contributed by atoms with Crippen molar-refractivity contribution in [2.24, 2.45) is 10.8 Å². The summed E-state index contributed by atoms with van der Waals surface area (Å²) in [6.45, 7) is 114. The van der Waals surface area contributed by atoms with Gasteiger partial charge in [-0.3, -0.25) is 0 Å². The normalized spacial score (nSPS) is 24.0. The molecule has 5 spiro atoms. The number of aryl methyl sites for hydroxylation is 9. The molecule has 0 N–H and O–H groups in total. The lowest BCUT2D eigenvalue weighted by atomic mass is 9.59. The molecule has 0 radical (unpaired) electrons. The van der Waals surface area contributed by atoms with Crippen LogP contribution >= 0.6 is 0 Å². The summed E-state index contributed by atoms with van der Waals surface area (Å²) in [5, 5.41) is 3.19. The monoisotopic (exact) mass is 1830 g/mol. The maximum atomic E-state index is 6.84. The molecular formula is C115H162O18. The minimum atomic E-state index is -1.23. The number of hydrogen-bond donors (Lipinski definition) is 0. The highest BCUT2D eigenvalue weighted by molar-refractivity contribution is 6.00. The highest BCUT2D eigenvalue weighted by Crippen LogP contribution is 2.69. The van der Waals surface area contributed by atoms with Gasteiger partial charge in [-0.1, -0.05) is 55.4 Å². The van der Waals surface area contributed by atoms with E-state index >= 15 is 0 Å². The second-order valence-corrected chi connectivity index (χ2v) is 47.9. The second-order valence-electron chi connectivity index (χ2n) is 47.9. The van der Waals surface area contributed by atoms with Gasteiger partial charge in [0, 0.05) is 71.9 Å². The number of benzene rings is 5. The zero-order chi connectivity index (χ0) is 100. The molecule has 730 valence electrons. The lowest BCUT2D eigenvalue weighted by molar-refractivity contribution is -0.382. The van der Waals surface area contributed by atoms with E-state index in [1.165, 1.54) is 89.0 Å². The highest BCUT2D eigenvalue weighted by atomic mass is 16.9. The molecule has 5 saturated heterocycles. The Morgan fingerprint density at radius 1 is 0.173 bits per heavy atom. The zero-order valence-electron chi connectivity index (χ0n) is 91.8. The number of rotatable bonds is 0. The molecule has 133 heavy (non-hydrogen) atoms. The van der Waals surface area contributed by atoms with E-state index in [1.54, 1.807) is 0 Å². The van der Waals surface area contributed by atoms with Crippen LogP contribution in [0.1, 0.15) is 375 Å². The number of ether oxygens (including phenoxy) is 15. The zero-order valence-corrected chi connectivity index (χ0v) is 91.8. The summed E-state index contributed by atoms with van der Waals surface area (Å²) in [4.78, 5) is 0. The van der Waals surface area contributed by atoms with Crippen molar-refractivity contribution in [1.29, 1.82) is 0 Å². The van der Waals surface area contributed by atoms with Crippen LogP contribution in [0.2, 0.25) is 0 Å². The Balaban J connectivity index is 0.000000134. The average Bonchev–Trinajstić information content (AvgIpc) is 1.55. The summed E-state index contributed by atoms with van der Waals surface area (Å²) in [5.74, 6) is 1.06. The van der Waals surface area contributed by atoms with Crippen LogP contribution < -0.4 is 23.7 Å². The van der Waals surface area contributed by atoms with Crippen molar-refractivity contribution in [3.05, 3.63) is 156 Å². The summed E-state index contributed by atoms with van der Waals surface area (Å²) in [6, 6.07) is 0. The van der Waals surface area contributed by atoms with Gasteiger partial charge in [0.2, 0.25) is 0 Å². The standard InChI is InChI=1S/C25H36O4.2C23H30O4.C23H36O3.C21H30O3/c1-13-14(2)19-17(15(3)16(4)26-19)20-18(13)21(5,6)22(7,8)25(27-20)28-23(9,10)24(11,12)29-25;1-11-12(2)19-18(14(4)16(6)24-19)20-17(11)13(3)15(5)23(25-20)26-21(7,8)22(9,10)27-23;1-11-12(2)18-14(4)16(6)24-19(18)20-17(11)13(3)15(5)23(25-20)26-21(7,8)22(9,10)27-23;1-13-14(2)16(4)18-17(15(13)3)19(5,6)20(7,8)23(24-18)25-21(9,10)22(11,12)26-23;1-11-12(2)14(4)18-17(13(11)3)15(5)16(6)21(22-18)23-19(7,8)20(9,10)24-21/h1-12H3;2*1-10H3;1-12H3;1-10H3. The molecule has 18 rings (SSSR count). The first-order valence-electron chi connectivity index (χ1n) is 48.3. The molecule has 0 bridgehead atoms. The number of furan rings is 3. The Morgan fingerprint density at radius 2 is 0.406 bits per heavy atom. The van der Waals surface area contributed by atoms with Crippen LogP contribution in [-0.4, -0.2) is 85.9 Å². The van der Waals surface area contributed by atoms with Crippen molar-refractivity contribution in [3.63, 3.8) is 0 Å². The van der Waals surface area contributed by atoms with Crippen molar-refractivity contribution >= 4 is 49.6 Å². The van der Waals surface area contributed by atoms with E-state index in [1.807, 2.05) is 90.0 Å². The van der Waals surface area contributed by atoms with Gasteiger partial charge in [0.1, 0.15) is 51.4 Å². The Kier molecular flexibility index (Phi) is 23.1. The van der Waals surface area contributed by atoms with Crippen LogP contribution in [0.15, 0.2) is 30.0 Å². The molecule has 8 aromatic rings. The molecule has 18 nitrogen and oxygen atoms in total. The summed E-state index contributed by atoms with van der Waals surface area (Å²) < 4.78 is 117. The molecule has 0 atom stereocenters. The predicted octanol–water partition coefficient (Wildman–Crippen LogP) is 30.1. The predicted molar refractivity (Wildman–Crippen MR) is 533 cm³/mol. The third kappa shape index (κ3) is 13.8. The first-order valence-corrected chi connectivity index (χ1v) is 48.3. The smallest absolute Gasteiger partial charge is 0.353 e. The summed E-state index contributed by atoms with van der Waals surface area (Å²) in [5.41, 5.74) is 29.4. The molecule has 0 amide bonds. The van der Waals surface area contributed by atoms with Gasteiger partial charge >= 0.3 is 29.9 Å². The highest BCUT2D eigenvalue weighted by Gasteiger charge is 2.75. The maximum Gasteiger partial charge on any atom is 0.353 e. The van der Waals surface area contributed by atoms with Gasteiger partial charge in [-0.05, 0) is 419 Å². The van der Waals surface area contributed by atoms with E-state index in [4.69, 9.17) is 84.3 Å². The molecule has 10 aliphatic heterocycles. The molecular weight excluding hydrogens is 1670 g/mol. The van der Waals surface area contributed by atoms with Crippen LogP contribution in [0.4, 0.5) is 0 Å². The van der Waals surface area contributed by atoms with Crippen molar-refractivity contribution in [2.75, 3.05) is 0 Å². The van der Waals surface area contributed by atoms with E-state index in [0.29, 0.717) is 0 Å². The SMILES string of the molecule is CC1=C(C)C2(Oc3c(C)c(C)c(C)c(C)c31)OC(C)(C)C(C)(C)O2.CC1=C(C)C2(Oc3c1c(C)c(C)c1c(C)c(C)oc31)OC(C)(C)C(C)(C)O2.CC1=C(C)C2(Oc3c1c(C)c(C)c1oc(C)c(C)c31)OC(C)(C)C(C)(C)O2.Cc1c(C)c(C)c2c(c1C)OC1(OC(C)(C)C(C)(C)O1)C(C)(C)C2(C)C.Cc1oc2c(C)c(C)c3c(c2c1C)OC1(OC(C)(C)C(C)(C)O1)C(C)(C)C3(C)C. The Hall–Kier alpha value is -7.46. The Bertz CT molecular complexity index is 6300. The van der Waals surface area contributed by atoms with Crippen LogP contribution in [0.3, 0.4) is 0 Å². The fraction of sp³-hybridized carbons (Fsp3) is 0.635. The quantitative estimate of drug-likeness (QED) is 0.140. The number of allylic oxidation sites excluding steroid dienone is 3. The third-order valence-corrected chi connectivity index (χ3v) is 37.0. The first-order chi connectivity index (χ1) is 60.0. The fourth-order valence-electron chi connectivity index (χ4n) is 21.2. The van der Waals surface area contributed by atoms with Crippen molar-refractivity contribution < 1.29 is 84.3 Å². The maximum absolute atomic E-state index is 6.84. The molecule has 0 aliphatic carbocycles. The second kappa shape index (κ2) is 30.3. The summed E-state index contributed by atoms with van der Waals surface area (Å²) >= 11 is 0. The van der Waals surface area contributed by atoms with E-state index in [2.05, 4.69) is 284 Å². The molecule has 5 aromatic carbocycles. The minimum absolute atomic E-state index is 0.190. The molecule has 5 fully saturated rings. The molecule has 10 aliphatic rings. The molecule has 0 unspecified atom stereocenters. The van der Waals surface area contributed by atoms with Gasteiger partial charge in [0.05, 0.1) is 77.6 Å². The molecule has 18 heteroatoms. The molecule has 0 saturated carbocycles. The topological polar surface area (TPSA) is 178 Å². The molecule has 13 heterocycles. The van der Waals surface area contributed by atoms with Crippen LogP contribution in [-0.2, 0) is 58.2 Å². The van der Waals surface area contributed by atoms with Gasteiger partial charge in [-0.25, -0.2) is 0 Å². The number of fused-ring (bicyclic) bond motifs is 11. The van der Waals surface area contributed by atoms with Crippen molar-refractivity contribution in [1.82, 2.24) is 0 Å². The minimum Gasteiger partial charge on any atom is -0.461 e. The van der Waals surface area contributed by atoms with E-state index in [-0.39, 0.29) is 10.8 Å². The van der Waals surface area contributed by atoms with Crippen LogP contribution in [0.5, 0.6) is 28.7 Å². The molecule has 3 aromatic heterocycles. The number of hydrogen-bond acceptors (Lipinski definition) is 18. The van der Waals surface area contributed by atoms with Crippen molar-refractivity contribution in [3.8, 4) is 28.7 Å². The fourth-order valence-corrected chi connectivity index (χ4v) is 21.2. The van der Waals surface area contributed by atoms with Gasteiger partial charge < -0.3 is 84.3 Å². The Morgan fingerprint density at radius 3 is 0.767 bits per heavy atom. The van der Waals surface area contributed by atoms with Gasteiger partial charge in [-0.15, -0.1) is 0 Å². The van der Waals surface area contributed by atoms with Crippen molar-refractivity contribution in [2.45, 2.75) is 471 Å².